The van der Waals surface area contributed by atoms with Gasteiger partial charge in [-0.2, -0.15) is 0 Å². The Morgan fingerprint density at radius 3 is 2.00 bits per heavy atom. The molecule has 184 valence electrons. The average Bonchev–Trinajstić information content (AvgIpc) is 3.21. The smallest absolute Gasteiger partial charge is 0.328 e. The van der Waals surface area contributed by atoms with Crippen LogP contribution in [0.2, 0.25) is 0 Å². The molecule has 0 aromatic carbocycles. The molecule has 10 N–H and O–H groups in total. The summed E-state index contributed by atoms with van der Waals surface area (Å²) >= 11 is 0. The summed E-state index contributed by atoms with van der Waals surface area (Å²) in [6.07, 6.45) is -1.09. The first-order valence-electron chi connectivity index (χ1n) is 9.78. The highest BCUT2D eigenvalue weighted by Crippen LogP contribution is 2.03. The fourth-order valence-electron chi connectivity index (χ4n) is 2.68. The number of aliphatic hydroxyl groups excluding tert-OH is 2. The Bertz CT molecular complexity index is 842. The fraction of sp³-hybridized carbons (Fsp3) is 0.556. The summed E-state index contributed by atoms with van der Waals surface area (Å²) in [5, 5.41) is 43.8. The summed E-state index contributed by atoms with van der Waals surface area (Å²) in [4.78, 5) is 66.2. The number of aliphatic hydroxyl groups is 2. The summed E-state index contributed by atoms with van der Waals surface area (Å²) < 4.78 is 0. The summed E-state index contributed by atoms with van der Waals surface area (Å²) in [5.41, 5.74) is 6.30. The number of aromatic amines is 1. The van der Waals surface area contributed by atoms with E-state index in [0.29, 0.717) is 5.69 Å². The molecule has 33 heavy (non-hydrogen) atoms. The lowest BCUT2D eigenvalue weighted by atomic mass is 10.1. The molecular weight excluding hydrogens is 444 g/mol. The molecule has 15 heteroatoms. The summed E-state index contributed by atoms with van der Waals surface area (Å²) in [7, 11) is 0. The Labute approximate surface area is 187 Å². The number of amides is 3. The van der Waals surface area contributed by atoms with E-state index in [0.717, 1.165) is 13.8 Å². The number of carboxylic acid groups (broad SMARTS) is 2. The van der Waals surface area contributed by atoms with Crippen molar-refractivity contribution in [3.05, 3.63) is 18.2 Å². The molecule has 6 atom stereocenters. The van der Waals surface area contributed by atoms with Gasteiger partial charge in [0.2, 0.25) is 17.7 Å². The second kappa shape index (κ2) is 12.5. The molecule has 1 rings (SSSR count). The molecule has 0 aliphatic heterocycles. The molecular formula is C18H28N6O9. The third-order valence-corrected chi connectivity index (χ3v) is 4.45. The molecule has 3 amide bonds. The molecule has 0 radical (unpaired) electrons. The number of carbonyl (C=O) groups is 5. The van der Waals surface area contributed by atoms with Crippen molar-refractivity contribution < 1.29 is 44.4 Å². The second-order valence-electron chi connectivity index (χ2n) is 7.34. The number of H-pyrrole nitrogens is 1. The van der Waals surface area contributed by atoms with Gasteiger partial charge >= 0.3 is 11.9 Å². The molecule has 6 unspecified atom stereocenters. The van der Waals surface area contributed by atoms with Crippen LogP contribution in [0.15, 0.2) is 12.5 Å². The van der Waals surface area contributed by atoms with E-state index in [9.17, 15) is 34.2 Å². The van der Waals surface area contributed by atoms with E-state index in [1.54, 1.807) is 0 Å². The van der Waals surface area contributed by atoms with Gasteiger partial charge < -0.3 is 47.1 Å². The lowest BCUT2D eigenvalue weighted by molar-refractivity contribution is -0.146. The normalized spacial score (nSPS) is 16.4. The van der Waals surface area contributed by atoms with Gasteiger partial charge in [0.1, 0.15) is 12.1 Å². The average molecular weight is 472 g/mol. The van der Waals surface area contributed by atoms with Crippen molar-refractivity contribution in [2.45, 2.75) is 63.1 Å². The maximum Gasteiger partial charge on any atom is 0.328 e. The molecule has 0 saturated heterocycles. The number of carbonyl (C=O) groups excluding carboxylic acids is 3. The Morgan fingerprint density at radius 1 is 0.970 bits per heavy atom. The molecule has 1 aromatic heterocycles. The minimum absolute atomic E-state index is 0.0157. The van der Waals surface area contributed by atoms with Crippen molar-refractivity contribution in [1.82, 2.24) is 25.9 Å². The lowest BCUT2D eigenvalue weighted by Crippen LogP contribution is -2.61. The van der Waals surface area contributed by atoms with Crippen LogP contribution in [0, 0.1) is 0 Å². The van der Waals surface area contributed by atoms with Crippen molar-refractivity contribution in [1.29, 1.82) is 0 Å². The van der Waals surface area contributed by atoms with Crippen LogP contribution in [0.3, 0.4) is 0 Å². The lowest BCUT2D eigenvalue weighted by Gasteiger charge is -2.26. The number of rotatable bonds is 13. The first-order valence-corrected chi connectivity index (χ1v) is 9.78. The van der Waals surface area contributed by atoms with Crippen molar-refractivity contribution in [3.8, 4) is 0 Å². The van der Waals surface area contributed by atoms with E-state index in [1.165, 1.54) is 12.5 Å². The van der Waals surface area contributed by atoms with Crippen LogP contribution in [-0.2, 0) is 30.4 Å². The number of nitrogens with one attached hydrogen (secondary N) is 4. The number of carboxylic acids is 2. The molecule has 0 spiro atoms. The molecule has 0 saturated carbocycles. The van der Waals surface area contributed by atoms with Crippen molar-refractivity contribution >= 4 is 29.7 Å². The molecule has 0 bridgehead atoms. The zero-order valence-corrected chi connectivity index (χ0v) is 17.9. The minimum atomic E-state index is -1.73. The van der Waals surface area contributed by atoms with Crippen LogP contribution in [-0.4, -0.2) is 96.4 Å². The van der Waals surface area contributed by atoms with Crippen LogP contribution >= 0.6 is 0 Å². The topological polar surface area (TPSA) is 257 Å². The number of hydrogen-bond acceptors (Lipinski definition) is 9. The van der Waals surface area contributed by atoms with E-state index in [-0.39, 0.29) is 6.42 Å². The number of aliphatic carboxylic acids is 2. The van der Waals surface area contributed by atoms with Crippen LogP contribution in [0.5, 0.6) is 0 Å². The number of nitrogens with zero attached hydrogens (tertiary/aromatic N) is 1. The van der Waals surface area contributed by atoms with Crippen LogP contribution < -0.4 is 21.7 Å². The van der Waals surface area contributed by atoms with Crippen LogP contribution in [0.25, 0.3) is 0 Å². The predicted octanol–water partition coefficient (Wildman–Crippen LogP) is -3.95. The molecule has 1 aromatic rings. The zero-order valence-electron chi connectivity index (χ0n) is 17.9. The maximum atomic E-state index is 12.6. The Kier molecular flexibility index (Phi) is 10.4. The van der Waals surface area contributed by atoms with Gasteiger partial charge in [0, 0.05) is 18.3 Å². The Morgan fingerprint density at radius 2 is 1.55 bits per heavy atom. The first-order chi connectivity index (χ1) is 15.3. The molecule has 0 aliphatic rings. The van der Waals surface area contributed by atoms with Gasteiger partial charge in [0.05, 0.1) is 31.0 Å². The van der Waals surface area contributed by atoms with E-state index in [4.69, 9.17) is 15.9 Å². The Hall–Kier alpha value is -3.56. The number of aromatic nitrogens is 2. The molecule has 1 heterocycles. The number of hydrogen-bond donors (Lipinski definition) is 9. The van der Waals surface area contributed by atoms with Gasteiger partial charge in [-0.1, -0.05) is 0 Å². The second-order valence-corrected chi connectivity index (χ2v) is 7.34. The number of imidazole rings is 1. The fourth-order valence-corrected chi connectivity index (χ4v) is 2.68. The van der Waals surface area contributed by atoms with E-state index < -0.39 is 72.5 Å². The summed E-state index contributed by atoms with van der Waals surface area (Å²) in [6, 6.07) is -6.27. The predicted molar refractivity (Wildman–Crippen MR) is 109 cm³/mol. The van der Waals surface area contributed by atoms with Gasteiger partial charge in [-0.05, 0) is 13.8 Å². The monoisotopic (exact) mass is 472 g/mol. The molecule has 0 fully saturated rings. The number of nitrogens with two attached hydrogens (primary N) is 1. The highest BCUT2D eigenvalue weighted by Gasteiger charge is 2.34. The van der Waals surface area contributed by atoms with Gasteiger partial charge in [-0.3, -0.25) is 19.2 Å². The molecule has 0 aliphatic carbocycles. The first kappa shape index (κ1) is 27.5. The zero-order chi connectivity index (χ0) is 25.3. The minimum Gasteiger partial charge on any atom is -0.481 e. The SMILES string of the molecule is CC(O)C(NC(=O)C(NC(=O)C(CC(=O)O)NC(=O)C(N)Cc1cnc[nH]1)C(C)O)C(=O)O. The van der Waals surface area contributed by atoms with Crippen molar-refractivity contribution in [2.75, 3.05) is 0 Å². The Balaban J connectivity index is 2.92. The van der Waals surface area contributed by atoms with E-state index in [2.05, 4.69) is 20.6 Å². The van der Waals surface area contributed by atoms with E-state index in [1.807, 2.05) is 5.32 Å². The summed E-state index contributed by atoms with van der Waals surface area (Å²) in [6.45, 7) is 2.23. The van der Waals surface area contributed by atoms with Gasteiger partial charge in [0.25, 0.3) is 0 Å². The van der Waals surface area contributed by atoms with Crippen molar-refractivity contribution in [2.24, 2.45) is 5.73 Å². The van der Waals surface area contributed by atoms with Crippen LogP contribution in [0.4, 0.5) is 0 Å². The van der Waals surface area contributed by atoms with Gasteiger partial charge in [-0.25, -0.2) is 9.78 Å². The van der Waals surface area contributed by atoms with Crippen LogP contribution in [0.1, 0.15) is 26.0 Å². The van der Waals surface area contributed by atoms with Gasteiger partial charge in [-0.15, -0.1) is 0 Å². The standard InChI is InChI=1S/C18H28N6O9/c1-7(25)13(17(31)24-14(8(2)26)18(32)33)23-16(30)11(4-12(27)28)22-15(29)10(19)3-9-5-20-6-21-9/h5-8,10-11,13-14,25-26H,3-4,19H2,1-2H3,(H,20,21)(H,22,29)(H,23,30)(H,24,31)(H,27,28)(H,32,33). The maximum absolute atomic E-state index is 12.6. The third kappa shape index (κ3) is 8.83. The third-order valence-electron chi connectivity index (χ3n) is 4.45. The highest BCUT2D eigenvalue weighted by atomic mass is 16.4. The molecule has 15 nitrogen and oxygen atoms in total. The van der Waals surface area contributed by atoms with Crippen molar-refractivity contribution in [3.63, 3.8) is 0 Å². The summed E-state index contributed by atoms with van der Waals surface area (Å²) in [5.74, 6) is -6.15. The quantitative estimate of drug-likeness (QED) is 0.134. The highest BCUT2D eigenvalue weighted by molar-refractivity contribution is 5.95. The largest absolute Gasteiger partial charge is 0.481 e. The van der Waals surface area contributed by atoms with E-state index >= 15 is 0 Å². The van der Waals surface area contributed by atoms with Gasteiger partial charge in [0.15, 0.2) is 6.04 Å².